The lowest BCUT2D eigenvalue weighted by Crippen LogP contribution is -2.25. The minimum atomic E-state index is 0.223. The van der Waals surface area contributed by atoms with Gasteiger partial charge in [-0.25, -0.2) is 0 Å². The molecular formula is C29H26N2O. The van der Waals surface area contributed by atoms with E-state index in [-0.39, 0.29) is 12.1 Å². The van der Waals surface area contributed by atoms with E-state index in [1.165, 1.54) is 44.2 Å². The first-order chi connectivity index (χ1) is 15.7. The Morgan fingerprint density at radius 3 is 2.12 bits per heavy atom. The topological polar surface area (TPSA) is 26.2 Å². The number of anilines is 1. The number of para-hydroxylation sites is 2. The highest BCUT2D eigenvalue weighted by atomic mass is 16.5. The van der Waals surface area contributed by atoms with Crippen molar-refractivity contribution in [3.63, 3.8) is 0 Å². The highest BCUT2D eigenvalue weighted by Gasteiger charge is 2.30. The van der Waals surface area contributed by atoms with Crippen LogP contribution in [0, 0.1) is 6.92 Å². The Bertz CT molecular complexity index is 1380. The second kappa shape index (κ2) is 7.45. The summed E-state index contributed by atoms with van der Waals surface area (Å²) in [6, 6.07) is 33.3. The van der Waals surface area contributed by atoms with Crippen LogP contribution in [0.4, 0.5) is 5.69 Å². The average molecular weight is 419 g/mol. The van der Waals surface area contributed by atoms with Crippen LogP contribution < -0.4 is 10.1 Å². The van der Waals surface area contributed by atoms with E-state index in [2.05, 4.69) is 108 Å². The van der Waals surface area contributed by atoms with Crippen molar-refractivity contribution >= 4 is 27.5 Å². The predicted molar refractivity (Wildman–Crippen MR) is 133 cm³/mol. The average Bonchev–Trinajstić information content (AvgIpc) is 3.18. The Morgan fingerprint density at radius 2 is 1.47 bits per heavy atom. The Kier molecular flexibility index (Phi) is 4.43. The summed E-state index contributed by atoms with van der Waals surface area (Å²) >= 11 is 0. The van der Waals surface area contributed by atoms with Gasteiger partial charge in [0.2, 0.25) is 0 Å². The van der Waals surface area contributed by atoms with Crippen LogP contribution in [0.2, 0.25) is 0 Å². The Labute approximate surface area is 188 Å². The van der Waals surface area contributed by atoms with Gasteiger partial charge in [0.05, 0.1) is 19.2 Å². The van der Waals surface area contributed by atoms with Gasteiger partial charge in [0.1, 0.15) is 5.75 Å². The number of hydrogen-bond acceptors (Lipinski definition) is 2. The molecule has 0 saturated carbocycles. The zero-order valence-electron chi connectivity index (χ0n) is 18.4. The maximum atomic E-state index is 5.38. The summed E-state index contributed by atoms with van der Waals surface area (Å²) in [6.07, 6.45) is 0.978. The van der Waals surface area contributed by atoms with Crippen LogP contribution >= 0.6 is 0 Å². The second-order valence-electron chi connectivity index (χ2n) is 8.72. The third-order valence-corrected chi connectivity index (χ3v) is 6.80. The van der Waals surface area contributed by atoms with Gasteiger partial charge in [0.25, 0.3) is 0 Å². The molecule has 3 heteroatoms. The third-order valence-electron chi connectivity index (χ3n) is 6.80. The number of aryl methyl sites for hydroxylation is 1. The molecule has 32 heavy (non-hydrogen) atoms. The highest BCUT2D eigenvalue weighted by Crippen LogP contribution is 2.45. The van der Waals surface area contributed by atoms with Gasteiger partial charge in [0, 0.05) is 27.5 Å². The zero-order valence-corrected chi connectivity index (χ0v) is 18.4. The third kappa shape index (κ3) is 2.96. The summed E-state index contributed by atoms with van der Waals surface area (Å²) in [4.78, 5) is 0. The van der Waals surface area contributed by atoms with Crippen molar-refractivity contribution in [2.45, 2.75) is 25.4 Å². The first-order valence-electron chi connectivity index (χ1n) is 11.2. The van der Waals surface area contributed by atoms with Crippen LogP contribution in [0.15, 0.2) is 91.0 Å². The number of fused-ring (bicyclic) bond motifs is 4. The molecule has 6 rings (SSSR count). The fraction of sp³-hybridized carbons (Fsp3) is 0.172. The molecule has 1 N–H and O–H groups in total. The molecule has 5 aromatic rings. The van der Waals surface area contributed by atoms with Crippen molar-refractivity contribution in [1.82, 2.24) is 4.57 Å². The lowest BCUT2D eigenvalue weighted by Gasteiger charge is -2.35. The molecule has 2 atom stereocenters. The van der Waals surface area contributed by atoms with Crippen molar-refractivity contribution in [2.75, 3.05) is 12.4 Å². The number of nitrogens with zero attached hydrogens (tertiary/aromatic N) is 1. The number of rotatable bonds is 3. The fourth-order valence-corrected chi connectivity index (χ4v) is 5.27. The number of nitrogens with one attached hydrogen (secondary N) is 1. The van der Waals surface area contributed by atoms with E-state index < -0.39 is 0 Å². The summed E-state index contributed by atoms with van der Waals surface area (Å²) in [7, 11) is 1.71. The van der Waals surface area contributed by atoms with Crippen molar-refractivity contribution in [1.29, 1.82) is 0 Å². The molecular weight excluding hydrogens is 392 g/mol. The number of benzene rings is 4. The van der Waals surface area contributed by atoms with Crippen LogP contribution in [0.1, 0.15) is 35.2 Å². The number of methoxy groups -OCH3 is 1. The van der Waals surface area contributed by atoms with E-state index >= 15 is 0 Å². The molecule has 0 aliphatic carbocycles. The molecule has 0 bridgehead atoms. The second-order valence-corrected chi connectivity index (χ2v) is 8.72. The van der Waals surface area contributed by atoms with Crippen LogP contribution in [0.5, 0.6) is 5.75 Å². The van der Waals surface area contributed by atoms with Gasteiger partial charge in [-0.1, -0.05) is 66.2 Å². The standard InChI is InChI=1S/C29H26N2O/c1-19-11-16-25-24(17-19)29(18-26(30-25)20-12-14-21(32-2)15-13-20)31-27-9-5-3-7-22(27)23-8-4-6-10-28(23)31/h3-17,26,29-30H,18H2,1-2H3/t26-,29+/m0/s1. The molecule has 1 aromatic heterocycles. The number of ether oxygens (including phenoxy) is 1. The van der Waals surface area contributed by atoms with E-state index in [0.717, 1.165) is 12.2 Å². The van der Waals surface area contributed by atoms with Crippen LogP contribution in [0.25, 0.3) is 21.8 Å². The molecule has 158 valence electrons. The summed E-state index contributed by atoms with van der Waals surface area (Å²) in [5, 5.41) is 6.44. The molecule has 0 spiro atoms. The van der Waals surface area contributed by atoms with Gasteiger partial charge >= 0.3 is 0 Å². The maximum Gasteiger partial charge on any atom is 0.118 e. The molecule has 0 amide bonds. The summed E-state index contributed by atoms with van der Waals surface area (Å²) in [5.41, 5.74) is 7.74. The Hall–Kier alpha value is -3.72. The largest absolute Gasteiger partial charge is 0.497 e. The smallest absolute Gasteiger partial charge is 0.118 e. The van der Waals surface area contributed by atoms with Crippen molar-refractivity contribution < 1.29 is 4.74 Å². The molecule has 1 aliphatic heterocycles. The lowest BCUT2D eigenvalue weighted by molar-refractivity contribution is 0.414. The van der Waals surface area contributed by atoms with Crippen LogP contribution in [-0.4, -0.2) is 11.7 Å². The van der Waals surface area contributed by atoms with E-state index in [1.54, 1.807) is 7.11 Å². The van der Waals surface area contributed by atoms with Crippen molar-refractivity contribution in [3.8, 4) is 5.75 Å². The molecule has 0 unspecified atom stereocenters. The van der Waals surface area contributed by atoms with Crippen molar-refractivity contribution in [2.24, 2.45) is 0 Å². The van der Waals surface area contributed by atoms with Crippen molar-refractivity contribution in [3.05, 3.63) is 108 Å². The molecule has 3 nitrogen and oxygen atoms in total. The fourth-order valence-electron chi connectivity index (χ4n) is 5.27. The summed E-state index contributed by atoms with van der Waals surface area (Å²) in [6.45, 7) is 2.18. The SMILES string of the molecule is COc1ccc([C@@H]2C[C@@H](n3c4ccccc4c4ccccc43)c3cc(C)ccc3N2)cc1. The molecule has 1 aliphatic rings. The van der Waals surface area contributed by atoms with E-state index in [0.29, 0.717) is 0 Å². The van der Waals surface area contributed by atoms with E-state index in [4.69, 9.17) is 4.74 Å². The zero-order chi connectivity index (χ0) is 21.7. The monoisotopic (exact) mass is 418 g/mol. The molecule has 0 fully saturated rings. The van der Waals surface area contributed by atoms with Crippen LogP contribution in [0.3, 0.4) is 0 Å². The molecule has 2 heterocycles. The highest BCUT2D eigenvalue weighted by molar-refractivity contribution is 6.08. The van der Waals surface area contributed by atoms with Gasteiger partial charge in [-0.2, -0.15) is 0 Å². The molecule has 4 aromatic carbocycles. The van der Waals surface area contributed by atoms with Gasteiger partial charge in [-0.15, -0.1) is 0 Å². The number of aromatic nitrogens is 1. The lowest BCUT2D eigenvalue weighted by atomic mass is 9.88. The van der Waals surface area contributed by atoms with E-state index in [1.807, 2.05) is 0 Å². The summed E-state index contributed by atoms with van der Waals surface area (Å²) < 4.78 is 7.93. The quantitative estimate of drug-likeness (QED) is 0.334. The maximum absolute atomic E-state index is 5.38. The molecule has 0 saturated heterocycles. The molecule has 0 radical (unpaired) electrons. The van der Waals surface area contributed by atoms with Gasteiger partial charge in [0.15, 0.2) is 0 Å². The van der Waals surface area contributed by atoms with Gasteiger partial charge in [-0.3, -0.25) is 0 Å². The Morgan fingerprint density at radius 1 is 0.812 bits per heavy atom. The first kappa shape index (κ1) is 19.0. The minimum Gasteiger partial charge on any atom is -0.497 e. The normalized spacial score (nSPS) is 17.8. The Balaban J connectivity index is 1.57. The van der Waals surface area contributed by atoms with Gasteiger partial charge in [-0.05, 0) is 54.8 Å². The minimum absolute atomic E-state index is 0.223. The predicted octanol–water partition coefficient (Wildman–Crippen LogP) is 7.26. The van der Waals surface area contributed by atoms with E-state index in [9.17, 15) is 0 Å². The number of hydrogen-bond donors (Lipinski definition) is 1. The van der Waals surface area contributed by atoms with Crippen LogP contribution in [-0.2, 0) is 0 Å². The first-order valence-corrected chi connectivity index (χ1v) is 11.2. The van der Waals surface area contributed by atoms with Gasteiger partial charge < -0.3 is 14.6 Å². The summed E-state index contributed by atoms with van der Waals surface area (Å²) in [5.74, 6) is 0.888.